The topological polar surface area (TPSA) is 95.9 Å². The lowest BCUT2D eigenvalue weighted by Crippen LogP contribution is -2.45. The monoisotopic (exact) mass is 1030 g/mol. The maximum absolute atomic E-state index is 12.5. The predicted molar refractivity (Wildman–Crippen MR) is 320 cm³/mol. The molecule has 1 amide bonds. The van der Waals surface area contributed by atoms with Gasteiger partial charge in [-0.05, 0) is 57.8 Å². The van der Waals surface area contributed by atoms with Crippen LogP contribution in [0.2, 0.25) is 0 Å². The Hall–Kier alpha value is -1.66. The smallest absolute Gasteiger partial charge is 0.305 e. The van der Waals surface area contributed by atoms with Crippen LogP contribution in [-0.4, -0.2) is 47.4 Å². The summed E-state index contributed by atoms with van der Waals surface area (Å²) < 4.78 is 5.50. The predicted octanol–water partition coefficient (Wildman–Crippen LogP) is 21.0. The van der Waals surface area contributed by atoms with Gasteiger partial charge in [-0.1, -0.05) is 321 Å². The molecule has 0 radical (unpaired) electrons. The molecule has 0 aliphatic heterocycles. The van der Waals surface area contributed by atoms with Crippen molar-refractivity contribution in [1.29, 1.82) is 0 Å². The van der Waals surface area contributed by atoms with Crippen molar-refractivity contribution >= 4 is 11.9 Å². The second kappa shape index (κ2) is 62.9. The van der Waals surface area contributed by atoms with E-state index < -0.39 is 12.1 Å². The quantitative estimate of drug-likeness (QED) is 0.0320. The molecule has 432 valence electrons. The number of allylic oxidation sites excluding steroid dienone is 4. The number of amides is 1. The number of aliphatic hydroxyl groups excluding tert-OH is 2. The minimum absolute atomic E-state index is 0.0135. The van der Waals surface area contributed by atoms with Gasteiger partial charge >= 0.3 is 5.97 Å². The van der Waals surface area contributed by atoms with Gasteiger partial charge in [0, 0.05) is 12.8 Å². The summed E-state index contributed by atoms with van der Waals surface area (Å²) >= 11 is 0. The minimum atomic E-state index is -0.668. The third kappa shape index (κ3) is 59.4. The second-order valence-corrected chi connectivity index (χ2v) is 22.8. The number of esters is 1. The van der Waals surface area contributed by atoms with Gasteiger partial charge in [0.1, 0.15) is 0 Å². The van der Waals surface area contributed by atoms with Crippen LogP contribution in [0.1, 0.15) is 367 Å². The highest BCUT2D eigenvalue weighted by Gasteiger charge is 2.20. The fourth-order valence-corrected chi connectivity index (χ4v) is 10.4. The van der Waals surface area contributed by atoms with Gasteiger partial charge in [-0.25, -0.2) is 0 Å². The second-order valence-electron chi connectivity index (χ2n) is 22.8. The molecule has 0 aliphatic carbocycles. The lowest BCUT2D eigenvalue weighted by atomic mass is 10.0. The largest absolute Gasteiger partial charge is 0.466 e. The van der Waals surface area contributed by atoms with Crippen LogP contribution in [0, 0.1) is 0 Å². The summed E-state index contributed by atoms with van der Waals surface area (Å²) in [5.74, 6) is -0.0258. The molecular formula is C67H129NO5. The van der Waals surface area contributed by atoms with Gasteiger partial charge in [0.05, 0.1) is 25.4 Å². The first-order valence-corrected chi connectivity index (χ1v) is 33.1. The van der Waals surface area contributed by atoms with Crippen LogP contribution in [-0.2, 0) is 14.3 Å². The lowest BCUT2D eigenvalue weighted by molar-refractivity contribution is -0.143. The Morgan fingerprint density at radius 3 is 1.04 bits per heavy atom. The van der Waals surface area contributed by atoms with E-state index in [4.69, 9.17) is 4.74 Å². The van der Waals surface area contributed by atoms with Gasteiger partial charge in [-0.3, -0.25) is 9.59 Å². The molecule has 0 bridgehead atoms. The van der Waals surface area contributed by atoms with E-state index in [0.29, 0.717) is 25.9 Å². The normalized spacial score (nSPS) is 12.7. The molecule has 0 heterocycles. The van der Waals surface area contributed by atoms with Crippen LogP contribution in [0.3, 0.4) is 0 Å². The summed E-state index contributed by atoms with van der Waals surface area (Å²) in [6.45, 7) is 4.98. The Morgan fingerprint density at radius 1 is 0.384 bits per heavy atom. The lowest BCUT2D eigenvalue weighted by Gasteiger charge is -2.22. The van der Waals surface area contributed by atoms with Gasteiger partial charge in [-0.15, -0.1) is 0 Å². The van der Waals surface area contributed by atoms with Crippen LogP contribution in [0.5, 0.6) is 0 Å². The van der Waals surface area contributed by atoms with Crippen molar-refractivity contribution < 1.29 is 24.5 Å². The molecule has 73 heavy (non-hydrogen) atoms. The number of unbranched alkanes of at least 4 members (excludes halogenated alkanes) is 47. The third-order valence-corrected chi connectivity index (χ3v) is 15.5. The molecule has 0 aromatic carbocycles. The van der Waals surface area contributed by atoms with E-state index in [0.717, 1.165) is 44.9 Å². The van der Waals surface area contributed by atoms with E-state index in [1.807, 2.05) is 0 Å². The van der Waals surface area contributed by atoms with E-state index in [2.05, 4.69) is 43.5 Å². The first-order valence-electron chi connectivity index (χ1n) is 33.1. The SMILES string of the molecule is CCCCCCCCCCCCCCCCCCCC(=O)OCCCCCCCCCCC/C=C\C/C=C\CCCCCCCCCCCC(=O)NC(CO)C(O)CCCCCCCCCCCCCCCC. The van der Waals surface area contributed by atoms with Gasteiger partial charge in [0.15, 0.2) is 0 Å². The van der Waals surface area contributed by atoms with Crippen LogP contribution in [0.25, 0.3) is 0 Å². The van der Waals surface area contributed by atoms with Crippen molar-refractivity contribution in [3.63, 3.8) is 0 Å². The summed E-state index contributed by atoms with van der Waals surface area (Å²) in [4.78, 5) is 24.6. The fourth-order valence-electron chi connectivity index (χ4n) is 10.4. The first kappa shape index (κ1) is 71.3. The molecule has 6 nitrogen and oxygen atoms in total. The molecule has 0 saturated carbocycles. The molecular weight excluding hydrogens is 899 g/mol. The highest BCUT2D eigenvalue weighted by molar-refractivity contribution is 5.76. The number of hydrogen-bond donors (Lipinski definition) is 3. The fraction of sp³-hybridized carbons (Fsp3) is 0.910. The summed E-state index contributed by atoms with van der Waals surface area (Å²) in [5, 5.41) is 23.3. The van der Waals surface area contributed by atoms with E-state index in [9.17, 15) is 19.8 Å². The van der Waals surface area contributed by atoms with Crippen molar-refractivity contribution in [2.24, 2.45) is 0 Å². The maximum Gasteiger partial charge on any atom is 0.305 e. The molecule has 0 aromatic rings. The number of ether oxygens (including phenoxy) is 1. The van der Waals surface area contributed by atoms with Gasteiger partial charge in [0.2, 0.25) is 5.91 Å². The summed E-state index contributed by atoms with van der Waals surface area (Å²) in [7, 11) is 0. The number of hydrogen-bond acceptors (Lipinski definition) is 5. The van der Waals surface area contributed by atoms with Crippen LogP contribution >= 0.6 is 0 Å². The first-order chi connectivity index (χ1) is 36.0. The van der Waals surface area contributed by atoms with E-state index in [1.54, 1.807) is 0 Å². The third-order valence-electron chi connectivity index (χ3n) is 15.5. The Bertz CT molecular complexity index is 1140. The molecule has 2 unspecified atom stereocenters. The number of nitrogens with one attached hydrogen (secondary N) is 1. The summed E-state index contributed by atoms with van der Waals surface area (Å²) in [5.41, 5.74) is 0. The van der Waals surface area contributed by atoms with E-state index in [1.165, 1.54) is 289 Å². The molecule has 0 fully saturated rings. The standard InChI is InChI=1S/C67H129NO5/c1-3-5-7-9-11-13-15-17-19-29-33-37-41-45-49-53-57-61-67(72)73-62-58-54-50-46-42-38-34-31-28-26-24-22-20-21-23-25-27-30-32-36-40-44-48-52-56-60-66(71)68-64(63-69)65(70)59-55-51-47-43-39-35-18-16-14-12-10-8-6-4-2/h21-24,64-65,69-70H,3-20,25-63H2,1-2H3,(H,68,71)/b23-21-,24-22-. The van der Waals surface area contributed by atoms with Crippen molar-refractivity contribution in [1.82, 2.24) is 5.32 Å². The van der Waals surface area contributed by atoms with Crippen LogP contribution in [0.4, 0.5) is 0 Å². The number of carbonyl (C=O) groups excluding carboxylic acids is 2. The summed E-state index contributed by atoms with van der Waals surface area (Å²) in [6.07, 6.45) is 77.7. The van der Waals surface area contributed by atoms with Gasteiger partial charge in [0.25, 0.3) is 0 Å². The zero-order chi connectivity index (χ0) is 52.9. The highest BCUT2D eigenvalue weighted by Crippen LogP contribution is 2.18. The van der Waals surface area contributed by atoms with Crippen LogP contribution in [0.15, 0.2) is 24.3 Å². The van der Waals surface area contributed by atoms with Crippen LogP contribution < -0.4 is 5.32 Å². The molecule has 3 N–H and O–H groups in total. The molecule has 0 rings (SSSR count). The maximum atomic E-state index is 12.5. The number of rotatable bonds is 62. The zero-order valence-electron chi connectivity index (χ0n) is 49.4. The Labute approximate surface area is 456 Å². The van der Waals surface area contributed by atoms with E-state index in [-0.39, 0.29) is 18.5 Å². The average Bonchev–Trinajstić information content (AvgIpc) is 3.39. The van der Waals surface area contributed by atoms with Crippen molar-refractivity contribution in [2.45, 2.75) is 379 Å². The Balaban J connectivity index is 3.40. The Morgan fingerprint density at radius 2 is 0.685 bits per heavy atom. The highest BCUT2D eigenvalue weighted by atomic mass is 16.5. The van der Waals surface area contributed by atoms with Crippen molar-refractivity contribution in [3.05, 3.63) is 24.3 Å². The molecule has 0 saturated heterocycles. The average molecular weight is 1030 g/mol. The minimum Gasteiger partial charge on any atom is -0.466 e. The number of carbonyl (C=O) groups is 2. The molecule has 0 aliphatic rings. The van der Waals surface area contributed by atoms with E-state index >= 15 is 0 Å². The van der Waals surface area contributed by atoms with Gasteiger partial charge in [-0.2, -0.15) is 0 Å². The zero-order valence-corrected chi connectivity index (χ0v) is 49.4. The molecule has 0 spiro atoms. The van der Waals surface area contributed by atoms with Crippen molar-refractivity contribution in [3.8, 4) is 0 Å². The summed E-state index contributed by atoms with van der Waals surface area (Å²) in [6, 6.07) is -0.545. The molecule has 6 heteroatoms. The molecule has 2 atom stereocenters. The Kier molecular flexibility index (Phi) is 61.4. The van der Waals surface area contributed by atoms with Crippen molar-refractivity contribution in [2.75, 3.05) is 13.2 Å². The van der Waals surface area contributed by atoms with Gasteiger partial charge < -0.3 is 20.3 Å². The number of aliphatic hydroxyl groups is 2. The molecule has 0 aromatic heterocycles.